The summed E-state index contributed by atoms with van der Waals surface area (Å²) in [5, 5.41) is 10.4. The second-order valence-electron chi connectivity index (χ2n) is 6.39. The van der Waals surface area contributed by atoms with Gasteiger partial charge in [-0.05, 0) is 35.9 Å². The third-order valence-electron chi connectivity index (χ3n) is 4.50. The van der Waals surface area contributed by atoms with Crippen molar-refractivity contribution in [1.29, 1.82) is 0 Å². The van der Waals surface area contributed by atoms with Crippen molar-refractivity contribution in [3.05, 3.63) is 58.5 Å². The number of nitrogens with two attached hydrogens (primary N) is 1. The number of aromatic amines is 1. The number of carbonyl (C=O) groups is 1. The first-order valence-electron chi connectivity index (χ1n) is 8.05. The van der Waals surface area contributed by atoms with E-state index in [1.165, 1.54) is 6.20 Å². The van der Waals surface area contributed by atoms with Crippen molar-refractivity contribution < 1.29 is 9.90 Å². The van der Waals surface area contributed by atoms with Gasteiger partial charge < -0.3 is 15.8 Å². The number of aromatic nitrogens is 2. The fourth-order valence-corrected chi connectivity index (χ4v) is 3.23. The van der Waals surface area contributed by atoms with Crippen LogP contribution in [0.5, 0.6) is 0 Å². The average Bonchev–Trinajstić information content (AvgIpc) is 2.96. The van der Waals surface area contributed by atoms with Crippen LogP contribution in [0.4, 0.5) is 4.79 Å². The van der Waals surface area contributed by atoms with Gasteiger partial charge in [-0.25, -0.2) is 9.36 Å². The molecule has 1 saturated heterocycles. The van der Waals surface area contributed by atoms with Gasteiger partial charge in [0.1, 0.15) is 0 Å². The number of rotatable bonds is 3. The van der Waals surface area contributed by atoms with Crippen LogP contribution >= 0.6 is 0 Å². The summed E-state index contributed by atoms with van der Waals surface area (Å²) in [6.45, 7) is 2.19. The summed E-state index contributed by atoms with van der Waals surface area (Å²) in [5.74, 6) is 0. The van der Waals surface area contributed by atoms with E-state index < -0.39 is 11.6 Å². The van der Waals surface area contributed by atoms with Crippen LogP contribution in [0.25, 0.3) is 22.2 Å². The van der Waals surface area contributed by atoms with Crippen LogP contribution in [0.2, 0.25) is 0 Å². The molecule has 1 fully saturated rings. The Morgan fingerprint density at radius 3 is 2.80 bits per heavy atom. The van der Waals surface area contributed by atoms with Gasteiger partial charge in [-0.1, -0.05) is 6.07 Å². The first-order chi connectivity index (χ1) is 12.0. The number of likely N-dealkylation sites (tertiary alicyclic amines) is 1. The third-order valence-corrected chi connectivity index (χ3v) is 4.50. The van der Waals surface area contributed by atoms with E-state index in [0.29, 0.717) is 24.3 Å². The highest BCUT2D eigenvalue weighted by Gasteiger charge is 2.24. The summed E-state index contributed by atoms with van der Waals surface area (Å²) in [7, 11) is 0. The number of H-pyrrole nitrogens is 1. The maximum atomic E-state index is 12.4. The maximum absolute atomic E-state index is 12.4. The number of nitrogens with zero attached hydrogens (tertiary/aromatic N) is 2. The fourth-order valence-electron chi connectivity index (χ4n) is 3.23. The SMILES string of the molecule is NC(=O)n1cccc(-c2cc3cc(CN4CC(O)C4)ccc3[nH]2)c1=O. The molecular weight excluding hydrogens is 320 g/mol. The highest BCUT2D eigenvalue weighted by atomic mass is 16.3. The summed E-state index contributed by atoms with van der Waals surface area (Å²) >= 11 is 0. The second kappa shape index (κ2) is 5.87. The third kappa shape index (κ3) is 2.84. The van der Waals surface area contributed by atoms with Crippen molar-refractivity contribution in [2.24, 2.45) is 5.73 Å². The Morgan fingerprint density at radius 2 is 2.08 bits per heavy atom. The zero-order valence-corrected chi connectivity index (χ0v) is 13.5. The minimum absolute atomic E-state index is 0.215. The molecule has 0 spiro atoms. The number of primary amides is 1. The number of carbonyl (C=O) groups excluding carboxylic acids is 1. The topological polar surface area (TPSA) is 104 Å². The van der Waals surface area contributed by atoms with Gasteiger partial charge in [-0.15, -0.1) is 0 Å². The van der Waals surface area contributed by atoms with Gasteiger partial charge in [-0.3, -0.25) is 9.69 Å². The largest absolute Gasteiger partial charge is 0.390 e. The lowest BCUT2D eigenvalue weighted by Crippen LogP contribution is -2.49. The number of fused-ring (bicyclic) bond motifs is 1. The van der Waals surface area contributed by atoms with Crippen LogP contribution in [-0.2, 0) is 6.54 Å². The van der Waals surface area contributed by atoms with E-state index in [4.69, 9.17) is 5.73 Å². The molecule has 7 heteroatoms. The summed E-state index contributed by atoms with van der Waals surface area (Å²) in [5.41, 5.74) is 7.87. The Bertz CT molecular complexity index is 1010. The Labute approximate surface area is 143 Å². The zero-order valence-electron chi connectivity index (χ0n) is 13.5. The summed E-state index contributed by atoms with van der Waals surface area (Å²) < 4.78 is 0.890. The molecule has 0 atom stereocenters. The van der Waals surface area contributed by atoms with E-state index in [-0.39, 0.29) is 6.10 Å². The van der Waals surface area contributed by atoms with Gasteiger partial charge in [0, 0.05) is 36.7 Å². The minimum atomic E-state index is -0.804. The molecule has 1 aliphatic rings. The quantitative estimate of drug-likeness (QED) is 0.665. The summed E-state index contributed by atoms with van der Waals surface area (Å²) in [6.07, 6.45) is 1.14. The standard InChI is InChI=1S/C18H18N4O3/c19-18(25)22-5-1-2-14(17(22)24)16-7-12-6-11(3-4-15(12)20-16)8-21-9-13(23)10-21/h1-7,13,20,23H,8-10H2,(H2,19,25). The molecule has 128 valence electrons. The zero-order chi connectivity index (χ0) is 17.6. The van der Waals surface area contributed by atoms with Gasteiger partial charge in [0.25, 0.3) is 5.56 Å². The van der Waals surface area contributed by atoms with Crippen LogP contribution < -0.4 is 11.3 Å². The number of hydrogen-bond acceptors (Lipinski definition) is 4. The van der Waals surface area contributed by atoms with Crippen LogP contribution in [0.3, 0.4) is 0 Å². The first-order valence-corrected chi connectivity index (χ1v) is 8.05. The number of hydrogen-bond donors (Lipinski definition) is 3. The van der Waals surface area contributed by atoms with E-state index in [0.717, 1.165) is 27.6 Å². The molecule has 3 heterocycles. The normalized spacial score (nSPS) is 15.4. The lowest BCUT2D eigenvalue weighted by molar-refractivity contribution is -0.00284. The predicted molar refractivity (Wildman–Crippen MR) is 94.3 cm³/mol. The molecule has 2 aromatic heterocycles. The Kier molecular flexibility index (Phi) is 3.67. The molecule has 1 aliphatic heterocycles. The minimum Gasteiger partial charge on any atom is -0.390 e. The number of aliphatic hydroxyl groups is 1. The van der Waals surface area contributed by atoms with E-state index >= 15 is 0 Å². The second-order valence-corrected chi connectivity index (χ2v) is 6.39. The van der Waals surface area contributed by atoms with Gasteiger partial charge in [0.2, 0.25) is 0 Å². The molecule has 3 aromatic rings. The van der Waals surface area contributed by atoms with Crippen LogP contribution in [0, 0.1) is 0 Å². The highest BCUT2D eigenvalue weighted by molar-refractivity contribution is 5.86. The molecule has 1 aromatic carbocycles. The maximum Gasteiger partial charge on any atom is 0.325 e. The van der Waals surface area contributed by atoms with Crippen molar-refractivity contribution in [1.82, 2.24) is 14.5 Å². The van der Waals surface area contributed by atoms with Crippen LogP contribution in [0.15, 0.2) is 47.4 Å². The molecule has 1 amide bonds. The highest BCUT2D eigenvalue weighted by Crippen LogP contribution is 2.24. The number of nitrogens with one attached hydrogen (secondary N) is 1. The number of aliphatic hydroxyl groups excluding tert-OH is 1. The van der Waals surface area contributed by atoms with E-state index in [1.54, 1.807) is 12.1 Å². The molecule has 0 radical (unpaired) electrons. The number of β-amino-alcohol motifs (C(OH)–C–C–N with tert-alkyl or cyclic N) is 1. The molecule has 0 saturated carbocycles. The molecule has 0 bridgehead atoms. The molecule has 4 rings (SSSR count). The lowest BCUT2D eigenvalue weighted by Gasteiger charge is -2.35. The Morgan fingerprint density at radius 1 is 1.28 bits per heavy atom. The van der Waals surface area contributed by atoms with Crippen LogP contribution in [0.1, 0.15) is 5.56 Å². The van der Waals surface area contributed by atoms with Crippen molar-refractivity contribution >= 4 is 16.9 Å². The van der Waals surface area contributed by atoms with E-state index in [9.17, 15) is 14.7 Å². The first kappa shape index (κ1) is 15.6. The lowest BCUT2D eigenvalue weighted by atomic mass is 10.1. The van der Waals surface area contributed by atoms with Crippen molar-refractivity contribution in [3.63, 3.8) is 0 Å². The molecule has 7 nitrogen and oxygen atoms in total. The average molecular weight is 338 g/mol. The van der Waals surface area contributed by atoms with Gasteiger partial charge in [-0.2, -0.15) is 0 Å². The fraction of sp³-hybridized carbons (Fsp3) is 0.222. The Hall–Kier alpha value is -2.90. The van der Waals surface area contributed by atoms with Crippen molar-refractivity contribution in [2.75, 3.05) is 13.1 Å². The molecule has 0 aliphatic carbocycles. The monoisotopic (exact) mass is 338 g/mol. The van der Waals surface area contributed by atoms with Gasteiger partial charge in [0.05, 0.1) is 17.4 Å². The number of amides is 1. The molecule has 25 heavy (non-hydrogen) atoms. The summed E-state index contributed by atoms with van der Waals surface area (Å²) in [6, 6.07) is 10.4. The Balaban J connectivity index is 1.69. The predicted octanol–water partition coefficient (Wildman–Crippen LogP) is 1.10. The van der Waals surface area contributed by atoms with E-state index in [1.807, 2.05) is 18.2 Å². The van der Waals surface area contributed by atoms with Crippen LogP contribution in [-0.4, -0.2) is 44.8 Å². The van der Waals surface area contributed by atoms with Gasteiger partial charge in [0.15, 0.2) is 0 Å². The van der Waals surface area contributed by atoms with E-state index in [2.05, 4.69) is 16.0 Å². The molecule has 4 N–H and O–H groups in total. The summed E-state index contributed by atoms with van der Waals surface area (Å²) in [4.78, 5) is 29.1. The molecular formula is C18H18N4O3. The van der Waals surface area contributed by atoms with Crippen molar-refractivity contribution in [2.45, 2.75) is 12.6 Å². The smallest absolute Gasteiger partial charge is 0.325 e. The number of benzene rings is 1. The van der Waals surface area contributed by atoms with Gasteiger partial charge >= 0.3 is 6.03 Å². The van der Waals surface area contributed by atoms with Crippen molar-refractivity contribution in [3.8, 4) is 11.3 Å². The molecule has 0 unspecified atom stereocenters. The number of pyridine rings is 1.